The number of carboxylic acid groups (broad SMARTS) is 1. The largest absolute Gasteiger partial charge is 0.478 e. The number of benzene rings is 1. The van der Waals surface area contributed by atoms with Gasteiger partial charge in [0, 0.05) is 28.8 Å². The van der Waals surface area contributed by atoms with Crippen molar-refractivity contribution in [1.29, 1.82) is 0 Å². The van der Waals surface area contributed by atoms with Gasteiger partial charge in [-0.25, -0.2) is 4.79 Å². The zero-order valence-corrected chi connectivity index (χ0v) is 16.5. The van der Waals surface area contributed by atoms with Crippen molar-refractivity contribution < 1.29 is 9.90 Å². The highest BCUT2D eigenvalue weighted by Gasteiger charge is 2.17. The van der Waals surface area contributed by atoms with E-state index >= 15 is 0 Å². The van der Waals surface area contributed by atoms with E-state index in [-0.39, 0.29) is 11.1 Å². The van der Waals surface area contributed by atoms with Gasteiger partial charge >= 0.3 is 5.97 Å². The van der Waals surface area contributed by atoms with Crippen LogP contribution in [0.1, 0.15) is 40.0 Å². The molecule has 0 spiro atoms. The lowest BCUT2D eigenvalue weighted by Gasteiger charge is -2.21. The summed E-state index contributed by atoms with van der Waals surface area (Å²) in [4.78, 5) is 26.1. The highest BCUT2D eigenvalue weighted by molar-refractivity contribution is 9.10. The summed E-state index contributed by atoms with van der Waals surface area (Å²) in [5, 5.41) is 9.00. The summed E-state index contributed by atoms with van der Waals surface area (Å²) in [6.45, 7) is 5.34. The molecule has 2 heterocycles. The summed E-state index contributed by atoms with van der Waals surface area (Å²) < 4.78 is 2.84. The molecule has 0 aliphatic carbocycles. The second-order valence-corrected chi connectivity index (χ2v) is 7.67. The lowest BCUT2D eigenvalue weighted by molar-refractivity contribution is 0.0697. The van der Waals surface area contributed by atoms with Crippen LogP contribution in [0.5, 0.6) is 0 Å². The number of hydrogen-bond donors (Lipinski definition) is 1. The van der Waals surface area contributed by atoms with Gasteiger partial charge in [0.2, 0.25) is 0 Å². The van der Waals surface area contributed by atoms with Crippen molar-refractivity contribution in [2.75, 3.05) is 13.1 Å². The van der Waals surface area contributed by atoms with Gasteiger partial charge in [-0.05, 0) is 79.0 Å². The zero-order chi connectivity index (χ0) is 18.7. The minimum atomic E-state index is -0.928. The number of hydrogen-bond acceptors (Lipinski definition) is 3. The number of pyridine rings is 1. The minimum Gasteiger partial charge on any atom is -0.478 e. The van der Waals surface area contributed by atoms with E-state index in [0.29, 0.717) is 13.0 Å². The monoisotopic (exact) mass is 418 g/mol. The Hall–Kier alpha value is -1.92. The van der Waals surface area contributed by atoms with Gasteiger partial charge in [-0.3, -0.25) is 9.69 Å². The Balaban J connectivity index is 1.83. The molecule has 0 bridgehead atoms. The molecule has 5 nitrogen and oxygen atoms in total. The molecule has 1 aliphatic heterocycles. The Labute approximate surface area is 161 Å². The van der Waals surface area contributed by atoms with Gasteiger partial charge in [0.15, 0.2) is 0 Å². The van der Waals surface area contributed by atoms with Crippen molar-refractivity contribution in [3.63, 3.8) is 0 Å². The molecule has 0 radical (unpaired) electrons. The van der Waals surface area contributed by atoms with Crippen molar-refractivity contribution in [2.24, 2.45) is 0 Å². The van der Waals surface area contributed by atoms with Crippen molar-refractivity contribution in [3.05, 3.63) is 67.5 Å². The van der Waals surface area contributed by atoms with Crippen LogP contribution in [0.2, 0.25) is 0 Å². The number of halogens is 1. The minimum absolute atomic E-state index is 0.0459. The van der Waals surface area contributed by atoms with Crippen LogP contribution in [-0.4, -0.2) is 33.6 Å². The Morgan fingerprint density at radius 2 is 1.85 bits per heavy atom. The van der Waals surface area contributed by atoms with Gasteiger partial charge in [-0.2, -0.15) is 0 Å². The lowest BCUT2D eigenvalue weighted by Crippen LogP contribution is -2.30. The summed E-state index contributed by atoms with van der Waals surface area (Å²) in [5.74, 6) is -0.928. The Morgan fingerprint density at radius 3 is 2.46 bits per heavy atom. The second kappa shape index (κ2) is 8.18. The molecule has 1 aliphatic rings. The van der Waals surface area contributed by atoms with Gasteiger partial charge in [0.1, 0.15) is 0 Å². The summed E-state index contributed by atoms with van der Waals surface area (Å²) >= 11 is 3.64. The maximum Gasteiger partial charge on any atom is 0.335 e. The summed E-state index contributed by atoms with van der Waals surface area (Å²) in [6, 6.07) is 8.76. The normalized spacial score (nSPS) is 14.7. The SMILES string of the molecule is Cc1cc(Br)c(CN2CCCC2)n(CCc2ccc(C(=O)O)cc2)c1=O. The molecule has 138 valence electrons. The van der Waals surface area contributed by atoms with Gasteiger partial charge < -0.3 is 9.67 Å². The first-order valence-electron chi connectivity index (χ1n) is 8.89. The van der Waals surface area contributed by atoms with Crippen molar-refractivity contribution in [1.82, 2.24) is 9.47 Å². The smallest absolute Gasteiger partial charge is 0.335 e. The molecule has 6 heteroatoms. The van der Waals surface area contributed by atoms with E-state index in [1.54, 1.807) is 12.1 Å². The van der Waals surface area contributed by atoms with Crippen LogP contribution in [0.15, 0.2) is 39.6 Å². The first kappa shape index (κ1) is 18.9. The van der Waals surface area contributed by atoms with E-state index < -0.39 is 5.97 Å². The van der Waals surface area contributed by atoms with Crippen molar-refractivity contribution in [2.45, 2.75) is 39.3 Å². The number of carbonyl (C=O) groups is 1. The summed E-state index contributed by atoms with van der Waals surface area (Å²) in [6.07, 6.45) is 3.11. The molecule has 0 unspecified atom stereocenters. The number of aromatic nitrogens is 1. The van der Waals surface area contributed by atoms with E-state index in [2.05, 4.69) is 20.8 Å². The molecule has 0 amide bonds. The summed E-state index contributed by atoms with van der Waals surface area (Å²) in [5.41, 5.74) is 3.09. The highest BCUT2D eigenvalue weighted by atomic mass is 79.9. The first-order valence-corrected chi connectivity index (χ1v) is 9.68. The number of rotatable bonds is 6. The van der Waals surface area contributed by atoms with Gasteiger partial charge in [-0.15, -0.1) is 0 Å². The molecule has 1 saturated heterocycles. The molecule has 1 aromatic carbocycles. The number of nitrogens with zero attached hydrogens (tertiary/aromatic N) is 2. The van der Waals surface area contributed by atoms with Gasteiger partial charge in [0.25, 0.3) is 5.56 Å². The second-order valence-electron chi connectivity index (χ2n) is 6.81. The number of likely N-dealkylation sites (tertiary alicyclic amines) is 1. The molecule has 1 fully saturated rings. The van der Waals surface area contributed by atoms with Gasteiger partial charge in [-0.1, -0.05) is 12.1 Å². The Morgan fingerprint density at radius 1 is 1.19 bits per heavy atom. The van der Waals surface area contributed by atoms with E-state index in [4.69, 9.17) is 5.11 Å². The number of aryl methyl sites for hydroxylation is 2. The van der Waals surface area contributed by atoms with E-state index in [9.17, 15) is 9.59 Å². The number of carboxylic acids is 1. The molecule has 1 aromatic heterocycles. The fourth-order valence-electron chi connectivity index (χ4n) is 3.40. The quantitative estimate of drug-likeness (QED) is 0.779. The lowest BCUT2D eigenvalue weighted by atomic mass is 10.1. The third kappa shape index (κ3) is 4.24. The van der Waals surface area contributed by atoms with Crippen LogP contribution in [0.25, 0.3) is 0 Å². The molecule has 3 rings (SSSR count). The summed E-state index contributed by atoms with van der Waals surface area (Å²) in [7, 11) is 0. The molecule has 0 saturated carbocycles. The maximum absolute atomic E-state index is 12.7. The Bertz CT molecular complexity index is 853. The van der Waals surface area contributed by atoms with E-state index in [0.717, 1.165) is 40.9 Å². The predicted octanol–water partition coefficient (Wildman–Crippen LogP) is 3.46. The van der Waals surface area contributed by atoms with E-state index in [1.165, 1.54) is 12.8 Å². The van der Waals surface area contributed by atoms with Crippen LogP contribution in [0, 0.1) is 6.92 Å². The molecule has 0 atom stereocenters. The van der Waals surface area contributed by atoms with Crippen LogP contribution in [-0.2, 0) is 19.5 Å². The molecule has 26 heavy (non-hydrogen) atoms. The fourth-order valence-corrected chi connectivity index (χ4v) is 4.09. The van der Waals surface area contributed by atoms with Crippen LogP contribution in [0.3, 0.4) is 0 Å². The molecular weight excluding hydrogens is 396 g/mol. The van der Waals surface area contributed by atoms with Crippen LogP contribution in [0.4, 0.5) is 0 Å². The maximum atomic E-state index is 12.7. The molecule has 2 aromatic rings. The average Bonchev–Trinajstić information content (AvgIpc) is 3.13. The van der Waals surface area contributed by atoms with Crippen LogP contribution < -0.4 is 5.56 Å². The number of aromatic carboxylic acids is 1. The van der Waals surface area contributed by atoms with Gasteiger partial charge in [0.05, 0.1) is 5.56 Å². The fraction of sp³-hybridized carbons (Fsp3) is 0.400. The predicted molar refractivity (Wildman–Crippen MR) is 105 cm³/mol. The van der Waals surface area contributed by atoms with E-state index in [1.807, 2.05) is 29.7 Å². The van der Waals surface area contributed by atoms with Crippen molar-refractivity contribution >= 4 is 21.9 Å². The van der Waals surface area contributed by atoms with Crippen molar-refractivity contribution in [3.8, 4) is 0 Å². The third-order valence-electron chi connectivity index (χ3n) is 4.92. The standard InChI is InChI=1S/C20H23BrN2O3/c1-14-12-17(21)18(13-22-9-2-3-10-22)23(19(14)24)11-8-15-4-6-16(7-5-15)20(25)26/h4-7,12H,2-3,8-11,13H2,1H3,(H,25,26). The average molecular weight is 419 g/mol. The molecule has 1 N–H and O–H groups in total. The molecular formula is C20H23BrN2O3. The highest BCUT2D eigenvalue weighted by Crippen LogP contribution is 2.21. The topological polar surface area (TPSA) is 62.5 Å². The van der Waals surface area contributed by atoms with Crippen LogP contribution >= 0.6 is 15.9 Å². The zero-order valence-electron chi connectivity index (χ0n) is 14.9. The third-order valence-corrected chi connectivity index (χ3v) is 5.61. The Kier molecular flexibility index (Phi) is 5.94. The first-order chi connectivity index (χ1) is 12.5.